The number of hydrogen-bond acceptors (Lipinski definition) is 5. The lowest BCUT2D eigenvalue weighted by Gasteiger charge is -2.59. The highest BCUT2D eigenvalue weighted by Crippen LogP contribution is 2.61. The van der Waals surface area contributed by atoms with Crippen LogP contribution in [0.2, 0.25) is 0 Å². The molecule has 164 valence electrons. The molecule has 5 fully saturated rings. The summed E-state index contributed by atoms with van der Waals surface area (Å²) >= 11 is 0. The summed E-state index contributed by atoms with van der Waals surface area (Å²) in [6, 6.07) is 5.95. The lowest BCUT2D eigenvalue weighted by atomic mass is 9.48. The number of benzene rings is 1. The van der Waals surface area contributed by atoms with Gasteiger partial charge in [0.05, 0.1) is 4.92 Å². The molecular formula is C24H36N4O2. The largest absolute Gasteiger partial charge is 0.376 e. The van der Waals surface area contributed by atoms with E-state index in [2.05, 4.69) is 29.0 Å². The predicted octanol–water partition coefficient (Wildman–Crippen LogP) is 4.75. The molecule has 4 bridgehead atoms. The maximum absolute atomic E-state index is 11.8. The van der Waals surface area contributed by atoms with Crippen LogP contribution < -0.4 is 10.2 Å². The minimum atomic E-state index is -0.229. The summed E-state index contributed by atoms with van der Waals surface area (Å²) in [5.74, 6) is 2.66. The van der Waals surface area contributed by atoms with Crippen LogP contribution in [0.25, 0.3) is 0 Å². The summed E-state index contributed by atoms with van der Waals surface area (Å²) in [5.41, 5.74) is 2.35. The highest BCUT2D eigenvalue weighted by Gasteiger charge is 2.53. The number of rotatable bonds is 6. The SMILES string of the molecule is CCN1CCN(c2ccc([N+](=O)[O-])c(NC(C)C34CC5CC(CC(C5)C3)C4)c2)CC1. The van der Waals surface area contributed by atoms with Crippen molar-refractivity contribution in [1.82, 2.24) is 4.90 Å². The Morgan fingerprint density at radius 1 is 1.10 bits per heavy atom. The van der Waals surface area contributed by atoms with Crippen molar-refractivity contribution < 1.29 is 4.92 Å². The number of nitro groups is 1. The minimum Gasteiger partial charge on any atom is -0.376 e. The molecule has 1 aromatic rings. The lowest BCUT2D eigenvalue weighted by Crippen LogP contribution is -2.53. The van der Waals surface area contributed by atoms with Crippen molar-refractivity contribution >= 4 is 17.1 Å². The molecule has 1 atom stereocenters. The molecule has 0 radical (unpaired) electrons. The molecular weight excluding hydrogens is 376 g/mol. The normalized spacial score (nSPS) is 34.2. The van der Waals surface area contributed by atoms with Gasteiger partial charge in [0.15, 0.2) is 0 Å². The zero-order valence-corrected chi connectivity index (χ0v) is 18.5. The van der Waals surface area contributed by atoms with Crippen LogP contribution in [0.3, 0.4) is 0 Å². The fraction of sp³-hybridized carbons (Fsp3) is 0.750. The van der Waals surface area contributed by atoms with Crippen LogP contribution in [0, 0.1) is 33.3 Å². The van der Waals surface area contributed by atoms with Crippen molar-refractivity contribution in [3.63, 3.8) is 0 Å². The standard InChI is InChI=1S/C24H36N4O2/c1-3-26-6-8-27(9-7-26)21-4-5-23(28(29)30)22(13-21)25-17(2)24-14-18-10-19(15-24)12-20(11-18)16-24/h4-5,13,17-20,25H,3,6-12,14-16H2,1-2H3. The molecule has 0 spiro atoms. The number of nitrogens with one attached hydrogen (secondary N) is 1. The van der Waals surface area contributed by atoms with Crippen LogP contribution in [0.1, 0.15) is 52.4 Å². The Kier molecular flexibility index (Phi) is 5.16. The molecule has 1 aromatic carbocycles. The van der Waals surface area contributed by atoms with E-state index >= 15 is 0 Å². The molecule has 5 aliphatic rings. The van der Waals surface area contributed by atoms with Crippen molar-refractivity contribution in [3.8, 4) is 0 Å². The second-order valence-electron chi connectivity index (χ2n) is 10.5. The van der Waals surface area contributed by atoms with E-state index in [4.69, 9.17) is 0 Å². The number of nitrogens with zero attached hydrogens (tertiary/aromatic N) is 3. The Balaban J connectivity index is 1.37. The van der Waals surface area contributed by atoms with Crippen molar-refractivity contribution in [2.24, 2.45) is 23.2 Å². The summed E-state index contributed by atoms with van der Waals surface area (Å²) in [6.45, 7) is 9.65. The van der Waals surface area contributed by atoms with Crippen LogP contribution in [-0.4, -0.2) is 48.6 Å². The van der Waals surface area contributed by atoms with E-state index in [1.165, 1.54) is 38.5 Å². The minimum absolute atomic E-state index is 0.211. The number of piperazine rings is 1. The topological polar surface area (TPSA) is 61.7 Å². The third-order valence-electron chi connectivity index (χ3n) is 8.74. The molecule has 0 amide bonds. The summed E-state index contributed by atoms with van der Waals surface area (Å²) in [7, 11) is 0. The molecule has 4 saturated carbocycles. The summed E-state index contributed by atoms with van der Waals surface area (Å²) in [5, 5.41) is 15.4. The fourth-order valence-corrected chi connectivity index (χ4v) is 7.41. The van der Waals surface area contributed by atoms with Gasteiger partial charge in [-0.3, -0.25) is 10.1 Å². The summed E-state index contributed by atoms with van der Waals surface area (Å²) in [4.78, 5) is 16.4. The maximum Gasteiger partial charge on any atom is 0.292 e. The lowest BCUT2D eigenvalue weighted by molar-refractivity contribution is -0.384. The van der Waals surface area contributed by atoms with Gasteiger partial charge in [-0.15, -0.1) is 0 Å². The van der Waals surface area contributed by atoms with Gasteiger partial charge in [-0.25, -0.2) is 0 Å². The second kappa shape index (κ2) is 7.70. The van der Waals surface area contributed by atoms with Gasteiger partial charge in [-0.2, -0.15) is 0 Å². The van der Waals surface area contributed by atoms with Crippen molar-refractivity contribution in [2.75, 3.05) is 42.9 Å². The molecule has 4 aliphatic carbocycles. The van der Waals surface area contributed by atoms with Crippen molar-refractivity contribution in [3.05, 3.63) is 28.3 Å². The van der Waals surface area contributed by atoms with Gasteiger partial charge in [0.25, 0.3) is 5.69 Å². The van der Waals surface area contributed by atoms with Crippen LogP contribution in [0.5, 0.6) is 0 Å². The predicted molar refractivity (Wildman–Crippen MR) is 121 cm³/mol. The Bertz CT molecular complexity index is 767. The molecule has 1 saturated heterocycles. The quantitative estimate of drug-likeness (QED) is 0.539. The van der Waals surface area contributed by atoms with Gasteiger partial charge in [0.1, 0.15) is 5.69 Å². The van der Waals surface area contributed by atoms with E-state index in [1.807, 2.05) is 12.1 Å². The number of likely N-dealkylation sites (N-methyl/N-ethyl adjacent to an activating group) is 1. The Hall–Kier alpha value is -1.82. The first-order valence-corrected chi connectivity index (χ1v) is 12.0. The first kappa shape index (κ1) is 20.1. The Morgan fingerprint density at radius 3 is 2.23 bits per heavy atom. The van der Waals surface area contributed by atoms with Gasteiger partial charge in [0, 0.05) is 44.0 Å². The average Bonchev–Trinajstić information content (AvgIpc) is 2.72. The van der Waals surface area contributed by atoms with E-state index in [9.17, 15) is 10.1 Å². The molecule has 1 N–H and O–H groups in total. The zero-order valence-electron chi connectivity index (χ0n) is 18.5. The van der Waals surface area contributed by atoms with E-state index in [-0.39, 0.29) is 16.7 Å². The van der Waals surface area contributed by atoms with Crippen LogP contribution >= 0.6 is 0 Å². The third-order valence-corrected chi connectivity index (χ3v) is 8.74. The van der Waals surface area contributed by atoms with Crippen LogP contribution in [0.4, 0.5) is 17.1 Å². The molecule has 1 unspecified atom stereocenters. The van der Waals surface area contributed by atoms with Crippen molar-refractivity contribution in [1.29, 1.82) is 0 Å². The Labute approximate surface area is 180 Å². The number of nitro benzene ring substituents is 1. The number of hydrogen-bond donors (Lipinski definition) is 1. The van der Waals surface area contributed by atoms with Gasteiger partial charge >= 0.3 is 0 Å². The van der Waals surface area contributed by atoms with Gasteiger partial charge in [-0.1, -0.05) is 6.92 Å². The molecule has 6 nitrogen and oxygen atoms in total. The third kappa shape index (κ3) is 3.57. The highest BCUT2D eigenvalue weighted by atomic mass is 16.6. The smallest absolute Gasteiger partial charge is 0.292 e. The first-order chi connectivity index (χ1) is 14.5. The molecule has 0 aromatic heterocycles. The van der Waals surface area contributed by atoms with Gasteiger partial charge in [-0.05, 0) is 87.3 Å². The van der Waals surface area contributed by atoms with Gasteiger partial charge in [0.2, 0.25) is 0 Å². The summed E-state index contributed by atoms with van der Waals surface area (Å²) in [6.07, 6.45) is 8.18. The van der Waals surface area contributed by atoms with Crippen LogP contribution in [-0.2, 0) is 0 Å². The molecule has 1 aliphatic heterocycles. The van der Waals surface area contributed by atoms with E-state index in [1.54, 1.807) is 6.07 Å². The second-order valence-corrected chi connectivity index (χ2v) is 10.5. The first-order valence-electron chi connectivity index (χ1n) is 12.0. The monoisotopic (exact) mass is 412 g/mol. The van der Waals surface area contributed by atoms with Gasteiger partial charge < -0.3 is 15.1 Å². The van der Waals surface area contributed by atoms with E-state index in [0.29, 0.717) is 11.1 Å². The maximum atomic E-state index is 11.8. The van der Waals surface area contributed by atoms with E-state index < -0.39 is 0 Å². The zero-order chi connectivity index (χ0) is 20.9. The molecule has 6 heteroatoms. The number of anilines is 2. The molecule has 6 rings (SSSR count). The fourth-order valence-electron chi connectivity index (χ4n) is 7.41. The highest BCUT2D eigenvalue weighted by molar-refractivity contribution is 5.69. The van der Waals surface area contributed by atoms with Crippen molar-refractivity contribution in [2.45, 2.75) is 58.4 Å². The van der Waals surface area contributed by atoms with Crippen LogP contribution in [0.15, 0.2) is 18.2 Å². The van der Waals surface area contributed by atoms with E-state index in [0.717, 1.165) is 56.2 Å². The molecule has 1 heterocycles. The Morgan fingerprint density at radius 2 is 1.70 bits per heavy atom. The average molecular weight is 413 g/mol. The summed E-state index contributed by atoms with van der Waals surface area (Å²) < 4.78 is 0. The molecule has 30 heavy (non-hydrogen) atoms.